The number of hydrogen-bond acceptors (Lipinski definition) is 6. The van der Waals surface area contributed by atoms with Crippen molar-refractivity contribution in [3.8, 4) is 11.5 Å². The van der Waals surface area contributed by atoms with Crippen LogP contribution in [0.15, 0.2) is 20.6 Å². The van der Waals surface area contributed by atoms with Gasteiger partial charge in [-0.3, -0.25) is 0 Å². The molecule has 0 aromatic heterocycles. The molecule has 1 aromatic rings. The summed E-state index contributed by atoms with van der Waals surface area (Å²) in [5.74, 6) is -1.79. The summed E-state index contributed by atoms with van der Waals surface area (Å²) < 4.78 is 22.2. The third-order valence-corrected chi connectivity index (χ3v) is 5.22. The molecule has 2 rings (SSSR count). The number of methoxy groups -OCH3 is 1. The third kappa shape index (κ3) is 3.75. The van der Waals surface area contributed by atoms with E-state index in [9.17, 15) is 9.59 Å². The molecule has 0 unspecified atom stereocenters. The topological polar surface area (TPSA) is 71.1 Å². The van der Waals surface area contributed by atoms with Crippen molar-refractivity contribution in [2.45, 2.75) is 26.6 Å². The molecule has 0 N–H and O–H groups in total. The van der Waals surface area contributed by atoms with E-state index in [1.165, 1.54) is 27.0 Å². The maximum Gasteiger partial charge on any atom is 0.348 e. The van der Waals surface area contributed by atoms with Crippen molar-refractivity contribution in [1.29, 1.82) is 0 Å². The summed E-state index contributed by atoms with van der Waals surface area (Å²) in [7, 11) is 1.52. The van der Waals surface area contributed by atoms with Gasteiger partial charge in [-0.05, 0) is 56.5 Å². The summed E-state index contributed by atoms with van der Waals surface area (Å²) in [5.41, 5.74) is 0.337. The molecular weight excluding hydrogens is 448 g/mol. The van der Waals surface area contributed by atoms with Crippen LogP contribution in [0.5, 0.6) is 11.5 Å². The number of esters is 2. The standard InChI is InChI=1S/C16H16Br2O6/c1-5-22-10-7-8(11(17)12(18)13(10)21-4)6-9-14(19)23-16(2,3)24-15(9)20/h6-7H,5H2,1-4H3. The van der Waals surface area contributed by atoms with Gasteiger partial charge in [-0.25, -0.2) is 9.59 Å². The van der Waals surface area contributed by atoms with Crippen molar-refractivity contribution in [2.24, 2.45) is 0 Å². The normalized spacial score (nSPS) is 16.3. The zero-order valence-corrected chi connectivity index (χ0v) is 16.7. The third-order valence-electron chi connectivity index (χ3n) is 3.08. The summed E-state index contributed by atoms with van der Waals surface area (Å²) in [6, 6.07) is 1.66. The van der Waals surface area contributed by atoms with Crippen LogP contribution in [0.4, 0.5) is 0 Å². The van der Waals surface area contributed by atoms with Crippen molar-refractivity contribution >= 4 is 49.9 Å². The van der Waals surface area contributed by atoms with Crippen molar-refractivity contribution in [1.82, 2.24) is 0 Å². The fourth-order valence-electron chi connectivity index (χ4n) is 2.10. The minimum atomic E-state index is -1.28. The van der Waals surface area contributed by atoms with Gasteiger partial charge in [0.2, 0.25) is 0 Å². The van der Waals surface area contributed by atoms with Crippen LogP contribution in [0, 0.1) is 0 Å². The van der Waals surface area contributed by atoms with Crippen LogP contribution >= 0.6 is 31.9 Å². The first-order valence-electron chi connectivity index (χ1n) is 7.07. The summed E-state index contributed by atoms with van der Waals surface area (Å²) in [5, 5.41) is 0. The van der Waals surface area contributed by atoms with E-state index < -0.39 is 17.7 Å². The van der Waals surface area contributed by atoms with Crippen LogP contribution in [0.1, 0.15) is 26.3 Å². The lowest BCUT2D eigenvalue weighted by atomic mass is 10.1. The Morgan fingerprint density at radius 3 is 2.25 bits per heavy atom. The highest BCUT2D eigenvalue weighted by molar-refractivity contribution is 9.13. The van der Waals surface area contributed by atoms with Gasteiger partial charge in [-0.15, -0.1) is 0 Å². The Morgan fingerprint density at radius 2 is 1.75 bits per heavy atom. The zero-order valence-electron chi connectivity index (χ0n) is 13.6. The molecule has 1 aliphatic rings. The molecule has 0 spiro atoms. The molecule has 0 bridgehead atoms. The molecule has 1 saturated heterocycles. The predicted octanol–water partition coefficient (Wildman–Crippen LogP) is 3.84. The van der Waals surface area contributed by atoms with Crippen LogP contribution < -0.4 is 9.47 Å². The first kappa shape index (κ1) is 18.8. The molecule has 0 aliphatic carbocycles. The second-order valence-electron chi connectivity index (χ2n) is 5.30. The van der Waals surface area contributed by atoms with Crippen LogP contribution in [0.3, 0.4) is 0 Å². The van der Waals surface area contributed by atoms with E-state index in [0.29, 0.717) is 32.6 Å². The highest BCUT2D eigenvalue weighted by atomic mass is 79.9. The molecule has 0 amide bonds. The van der Waals surface area contributed by atoms with E-state index >= 15 is 0 Å². The van der Waals surface area contributed by atoms with Gasteiger partial charge in [0.25, 0.3) is 5.79 Å². The average Bonchev–Trinajstić information content (AvgIpc) is 2.47. The van der Waals surface area contributed by atoms with Crippen molar-refractivity contribution < 1.29 is 28.5 Å². The maximum atomic E-state index is 12.1. The van der Waals surface area contributed by atoms with E-state index in [4.69, 9.17) is 18.9 Å². The quantitative estimate of drug-likeness (QED) is 0.384. The van der Waals surface area contributed by atoms with Gasteiger partial charge in [0.15, 0.2) is 11.5 Å². The highest BCUT2D eigenvalue weighted by Crippen LogP contribution is 2.43. The van der Waals surface area contributed by atoms with Crippen LogP contribution in [0.25, 0.3) is 6.08 Å². The SMILES string of the molecule is CCOc1cc(C=C2C(=O)OC(C)(C)OC2=O)c(Br)c(Br)c1OC. The number of halogens is 2. The molecule has 1 heterocycles. The molecule has 1 aliphatic heterocycles. The van der Waals surface area contributed by atoms with Crippen LogP contribution in [-0.2, 0) is 19.1 Å². The lowest BCUT2D eigenvalue weighted by Gasteiger charge is -2.29. The van der Waals surface area contributed by atoms with E-state index in [2.05, 4.69) is 31.9 Å². The average molecular weight is 464 g/mol. The number of carbonyl (C=O) groups excluding carboxylic acids is 2. The number of cyclic esters (lactones) is 2. The highest BCUT2D eigenvalue weighted by Gasteiger charge is 2.39. The smallest absolute Gasteiger partial charge is 0.348 e. The summed E-state index contributed by atoms with van der Waals surface area (Å²) in [4.78, 5) is 24.2. The van der Waals surface area contributed by atoms with E-state index in [1.54, 1.807) is 6.07 Å². The Labute approximate surface area is 156 Å². The lowest BCUT2D eigenvalue weighted by molar-refractivity contribution is -0.222. The largest absolute Gasteiger partial charge is 0.492 e. The van der Waals surface area contributed by atoms with Gasteiger partial charge < -0.3 is 18.9 Å². The number of hydrogen-bond donors (Lipinski definition) is 0. The zero-order chi connectivity index (χ0) is 18.1. The second kappa shape index (κ2) is 7.14. The second-order valence-corrected chi connectivity index (χ2v) is 6.88. The molecule has 6 nitrogen and oxygen atoms in total. The first-order valence-corrected chi connectivity index (χ1v) is 8.66. The Bertz CT molecular complexity index is 702. The number of benzene rings is 1. The molecule has 1 fully saturated rings. The van der Waals surface area contributed by atoms with Gasteiger partial charge in [0.05, 0.1) is 18.2 Å². The van der Waals surface area contributed by atoms with Crippen LogP contribution in [-0.4, -0.2) is 31.4 Å². The first-order chi connectivity index (χ1) is 11.2. The summed E-state index contributed by atoms with van der Waals surface area (Å²) >= 11 is 6.83. The van der Waals surface area contributed by atoms with Crippen molar-refractivity contribution in [3.63, 3.8) is 0 Å². The summed E-state index contributed by atoms with van der Waals surface area (Å²) in [6.07, 6.45) is 1.39. The molecular formula is C16H16Br2O6. The molecule has 130 valence electrons. The molecule has 0 saturated carbocycles. The maximum absolute atomic E-state index is 12.1. The number of carbonyl (C=O) groups is 2. The Morgan fingerprint density at radius 1 is 1.17 bits per heavy atom. The Hall–Kier alpha value is -1.54. The van der Waals surface area contributed by atoms with E-state index in [-0.39, 0.29) is 5.57 Å². The molecule has 0 radical (unpaired) electrons. The fourth-order valence-corrected chi connectivity index (χ4v) is 3.09. The van der Waals surface area contributed by atoms with Gasteiger partial charge in [0, 0.05) is 18.3 Å². The minimum absolute atomic E-state index is 0.199. The fraction of sp³-hybridized carbons (Fsp3) is 0.375. The van der Waals surface area contributed by atoms with Crippen LogP contribution in [0.2, 0.25) is 0 Å². The van der Waals surface area contributed by atoms with E-state index in [1.807, 2.05) is 6.92 Å². The number of rotatable bonds is 4. The predicted molar refractivity (Wildman–Crippen MR) is 93.8 cm³/mol. The van der Waals surface area contributed by atoms with E-state index in [0.717, 1.165) is 0 Å². The van der Waals surface area contributed by atoms with Gasteiger partial charge in [-0.2, -0.15) is 0 Å². The van der Waals surface area contributed by atoms with Gasteiger partial charge >= 0.3 is 11.9 Å². The summed E-state index contributed by atoms with van der Waals surface area (Å²) in [6.45, 7) is 5.25. The lowest BCUT2D eigenvalue weighted by Crippen LogP contribution is -2.41. The van der Waals surface area contributed by atoms with Crippen molar-refractivity contribution in [2.75, 3.05) is 13.7 Å². The van der Waals surface area contributed by atoms with Gasteiger partial charge in [-0.1, -0.05) is 0 Å². The van der Waals surface area contributed by atoms with Crippen molar-refractivity contribution in [3.05, 3.63) is 26.1 Å². The monoisotopic (exact) mass is 462 g/mol. The van der Waals surface area contributed by atoms with Gasteiger partial charge in [0.1, 0.15) is 5.57 Å². The molecule has 1 aromatic carbocycles. The Balaban J connectivity index is 2.53. The molecule has 24 heavy (non-hydrogen) atoms. The number of ether oxygens (including phenoxy) is 4. The molecule has 8 heteroatoms. The Kier molecular flexibility index (Phi) is 5.59. The minimum Gasteiger partial charge on any atom is -0.492 e. The molecule has 0 atom stereocenters.